The van der Waals surface area contributed by atoms with Gasteiger partial charge in [0.2, 0.25) is 0 Å². The van der Waals surface area contributed by atoms with Crippen LogP contribution in [0.4, 0.5) is 0 Å². The Morgan fingerprint density at radius 3 is 1.95 bits per heavy atom. The van der Waals surface area contributed by atoms with Crippen molar-refractivity contribution in [2.45, 2.75) is 97.0 Å². The highest BCUT2D eigenvalue weighted by atomic mass is 16.5. The topological polar surface area (TPSA) is 26.3 Å². The average Bonchev–Trinajstić information content (AvgIpc) is 2.46. The van der Waals surface area contributed by atoms with Crippen molar-refractivity contribution < 1.29 is 9.53 Å². The van der Waals surface area contributed by atoms with E-state index < -0.39 is 0 Å². The van der Waals surface area contributed by atoms with Crippen molar-refractivity contribution >= 4 is 5.97 Å². The van der Waals surface area contributed by atoms with Gasteiger partial charge in [-0.2, -0.15) is 0 Å². The Hall–Kier alpha value is -0.790. The minimum atomic E-state index is -0.273. The Bertz CT molecular complexity index is 236. The predicted octanol–water partition coefficient (Wildman–Crippen LogP) is 5.81. The van der Waals surface area contributed by atoms with E-state index in [-0.39, 0.29) is 12.1 Å². The van der Waals surface area contributed by atoms with Crippen LogP contribution in [0.15, 0.2) is 12.7 Å². The lowest BCUT2D eigenvalue weighted by Crippen LogP contribution is -2.16. The van der Waals surface area contributed by atoms with Crippen LogP contribution in [-0.4, -0.2) is 12.1 Å². The first-order chi connectivity index (χ1) is 9.74. The third-order valence-electron chi connectivity index (χ3n) is 3.71. The number of unbranched alkanes of at least 4 members (excludes halogenated alkanes) is 8. The van der Waals surface area contributed by atoms with Crippen molar-refractivity contribution in [2.24, 2.45) is 0 Å². The summed E-state index contributed by atoms with van der Waals surface area (Å²) in [6, 6.07) is 0. The van der Waals surface area contributed by atoms with E-state index in [9.17, 15) is 4.79 Å². The number of hydrogen-bond acceptors (Lipinski definition) is 2. The SMILES string of the molecule is C=CC(=O)OC(CCCC)CCCCCCCCCC. The lowest BCUT2D eigenvalue weighted by Gasteiger charge is -2.16. The minimum Gasteiger partial charge on any atom is -0.459 e. The number of esters is 1. The summed E-state index contributed by atoms with van der Waals surface area (Å²) < 4.78 is 5.40. The summed E-state index contributed by atoms with van der Waals surface area (Å²) in [7, 11) is 0. The predicted molar refractivity (Wildman–Crippen MR) is 86.8 cm³/mol. The molecule has 2 heteroatoms. The maximum Gasteiger partial charge on any atom is 0.330 e. The molecule has 0 N–H and O–H groups in total. The van der Waals surface area contributed by atoms with Crippen LogP contribution in [0.5, 0.6) is 0 Å². The lowest BCUT2D eigenvalue weighted by molar-refractivity contribution is -0.143. The van der Waals surface area contributed by atoms with Gasteiger partial charge >= 0.3 is 5.97 Å². The fourth-order valence-electron chi connectivity index (χ4n) is 2.41. The fraction of sp³-hybridized carbons (Fsp3) is 0.833. The molecule has 0 aromatic carbocycles. The zero-order valence-corrected chi connectivity index (χ0v) is 13.7. The summed E-state index contributed by atoms with van der Waals surface area (Å²) in [5.74, 6) is -0.273. The van der Waals surface area contributed by atoms with Gasteiger partial charge in [0.1, 0.15) is 6.10 Å². The van der Waals surface area contributed by atoms with E-state index in [0.717, 1.165) is 25.7 Å². The van der Waals surface area contributed by atoms with Gasteiger partial charge in [-0.3, -0.25) is 0 Å². The van der Waals surface area contributed by atoms with E-state index in [4.69, 9.17) is 4.74 Å². The molecule has 0 saturated heterocycles. The van der Waals surface area contributed by atoms with Crippen LogP contribution < -0.4 is 0 Å². The zero-order chi connectivity index (χ0) is 15.1. The Balaban J connectivity index is 3.62. The van der Waals surface area contributed by atoms with Crippen molar-refractivity contribution in [1.82, 2.24) is 0 Å². The molecule has 0 aromatic rings. The van der Waals surface area contributed by atoms with E-state index in [0.29, 0.717) is 0 Å². The number of hydrogen-bond donors (Lipinski definition) is 0. The second-order valence-corrected chi connectivity index (χ2v) is 5.67. The minimum absolute atomic E-state index is 0.0977. The van der Waals surface area contributed by atoms with E-state index in [2.05, 4.69) is 20.4 Å². The smallest absolute Gasteiger partial charge is 0.330 e. The number of carbonyl (C=O) groups is 1. The first-order valence-corrected chi connectivity index (χ1v) is 8.57. The molecule has 0 aliphatic rings. The molecule has 0 aromatic heterocycles. The van der Waals surface area contributed by atoms with E-state index in [1.54, 1.807) is 0 Å². The van der Waals surface area contributed by atoms with Crippen LogP contribution >= 0.6 is 0 Å². The maximum atomic E-state index is 11.3. The maximum absolute atomic E-state index is 11.3. The van der Waals surface area contributed by atoms with Gasteiger partial charge in [0.25, 0.3) is 0 Å². The Morgan fingerprint density at radius 2 is 1.40 bits per heavy atom. The van der Waals surface area contributed by atoms with Crippen molar-refractivity contribution in [1.29, 1.82) is 0 Å². The molecule has 2 nitrogen and oxygen atoms in total. The molecular formula is C18H34O2. The second kappa shape index (κ2) is 14.6. The molecule has 0 spiro atoms. The summed E-state index contributed by atoms with van der Waals surface area (Å²) >= 11 is 0. The molecule has 0 radical (unpaired) electrons. The largest absolute Gasteiger partial charge is 0.459 e. The Morgan fingerprint density at radius 1 is 0.900 bits per heavy atom. The quantitative estimate of drug-likeness (QED) is 0.228. The van der Waals surface area contributed by atoms with Crippen molar-refractivity contribution in [3.63, 3.8) is 0 Å². The molecule has 20 heavy (non-hydrogen) atoms. The van der Waals surface area contributed by atoms with Crippen molar-refractivity contribution in [2.75, 3.05) is 0 Å². The third kappa shape index (κ3) is 12.3. The van der Waals surface area contributed by atoms with E-state index in [1.165, 1.54) is 57.4 Å². The summed E-state index contributed by atoms with van der Waals surface area (Å²) in [6.45, 7) is 7.88. The first kappa shape index (κ1) is 19.2. The van der Waals surface area contributed by atoms with Crippen LogP contribution in [0, 0.1) is 0 Å². The summed E-state index contributed by atoms with van der Waals surface area (Å²) in [5, 5.41) is 0. The molecule has 0 aliphatic carbocycles. The van der Waals surface area contributed by atoms with E-state index >= 15 is 0 Å². The first-order valence-electron chi connectivity index (χ1n) is 8.57. The zero-order valence-electron chi connectivity index (χ0n) is 13.7. The molecule has 1 atom stereocenters. The van der Waals surface area contributed by atoms with Crippen molar-refractivity contribution in [3.05, 3.63) is 12.7 Å². The molecule has 0 aliphatic heterocycles. The normalized spacial score (nSPS) is 12.1. The molecular weight excluding hydrogens is 248 g/mol. The van der Waals surface area contributed by atoms with Gasteiger partial charge in [0, 0.05) is 6.08 Å². The van der Waals surface area contributed by atoms with Gasteiger partial charge in [-0.25, -0.2) is 4.79 Å². The van der Waals surface area contributed by atoms with Crippen LogP contribution in [0.3, 0.4) is 0 Å². The number of carbonyl (C=O) groups excluding carboxylic acids is 1. The van der Waals surface area contributed by atoms with Crippen LogP contribution in [0.2, 0.25) is 0 Å². The summed E-state index contributed by atoms with van der Waals surface area (Å²) in [6.07, 6.45) is 16.2. The molecule has 0 heterocycles. The standard InChI is InChI=1S/C18H34O2/c1-4-7-9-10-11-12-13-14-16-17(15-8-5-2)20-18(19)6-3/h6,17H,3-5,7-16H2,1-2H3. The van der Waals surface area contributed by atoms with Gasteiger partial charge in [-0.05, 0) is 19.3 Å². The molecule has 118 valence electrons. The highest BCUT2D eigenvalue weighted by Crippen LogP contribution is 2.15. The van der Waals surface area contributed by atoms with Gasteiger partial charge in [-0.1, -0.05) is 78.2 Å². The molecule has 0 fully saturated rings. The highest BCUT2D eigenvalue weighted by molar-refractivity contribution is 5.81. The monoisotopic (exact) mass is 282 g/mol. The lowest BCUT2D eigenvalue weighted by atomic mass is 10.0. The van der Waals surface area contributed by atoms with Gasteiger partial charge in [0.15, 0.2) is 0 Å². The summed E-state index contributed by atoms with van der Waals surface area (Å²) in [5.41, 5.74) is 0. The van der Waals surface area contributed by atoms with Crippen LogP contribution in [-0.2, 0) is 9.53 Å². The molecule has 0 saturated carbocycles. The number of ether oxygens (including phenoxy) is 1. The van der Waals surface area contributed by atoms with Crippen LogP contribution in [0.1, 0.15) is 90.9 Å². The van der Waals surface area contributed by atoms with Crippen LogP contribution in [0.25, 0.3) is 0 Å². The molecule has 0 amide bonds. The number of rotatable bonds is 14. The van der Waals surface area contributed by atoms with E-state index in [1.807, 2.05) is 0 Å². The Kier molecular flexibility index (Phi) is 14.0. The highest BCUT2D eigenvalue weighted by Gasteiger charge is 2.11. The van der Waals surface area contributed by atoms with Gasteiger partial charge in [0.05, 0.1) is 0 Å². The molecule has 1 unspecified atom stereocenters. The third-order valence-corrected chi connectivity index (χ3v) is 3.71. The average molecular weight is 282 g/mol. The molecule has 0 rings (SSSR count). The van der Waals surface area contributed by atoms with Gasteiger partial charge < -0.3 is 4.74 Å². The Labute approximate surface area is 126 Å². The second-order valence-electron chi connectivity index (χ2n) is 5.67. The van der Waals surface area contributed by atoms with Crippen molar-refractivity contribution in [3.8, 4) is 0 Å². The fourth-order valence-corrected chi connectivity index (χ4v) is 2.41. The molecule has 0 bridgehead atoms. The van der Waals surface area contributed by atoms with Gasteiger partial charge in [-0.15, -0.1) is 0 Å². The summed E-state index contributed by atoms with van der Waals surface area (Å²) in [4.78, 5) is 11.3.